The smallest absolute Gasteiger partial charge is 0.254 e. The number of hydrogen-bond donors (Lipinski definition) is 0. The molecule has 0 radical (unpaired) electrons. The van der Waals surface area contributed by atoms with Gasteiger partial charge in [-0.25, -0.2) is 0 Å². The molecule has 24 heavy (non-hydrogen) atoms. The molecular formula is C20H23N3O. The fourth-order valence-electron chi connectivity index (χ4n) is 2.92. The first-order valence-corrected chi connectivity index (χ1v) is 8.38. The van der Waals surface area contributed by atoms with Crippen LogP contribution in [0.15, 0.2) is 54.9 Å². The van der Waals surface area contributed by atoms with Crippen molar-refractivity contribution in [2.24, 2.45) is 0 Å². The molecule has 0 saturated carbocycles. The van der Waals surface area contributed by atoms with Crippen LogP contribution in [0.4, 0.5) is 0 Å². The minimum Gasteiger partial charge on any atom is -0.336 e. The molecule has 3 rings (SSSR count). The van der Waals surface area contributed by atoms with Crippen LogP contribution < -0.4 is 0 Å². The number of aryl methyl sites for hydroxylation is 1. The van der Waals surface area contributed by atoms with Gasteiger partial charge in [-0.15, -0.1) is 0 Å². The van der Waals surface area contributed by atoms with E-state index in [1.54, 1.807) is 12.4 Å². The van der Waals surface area contributed by atoms with Gasteiger partial charge in [-0.05, 0) is 24.1 Å². The van der Waals surface area contributed by atoms with Gasteiger partial charge in [0.1, 0.15) is 0 Å². The van der Waals surface area contributed by atoms with Gasteiger partial charge in [-0.3, -0.25) is 14.7 Å². The van der Waals surface area contributed by atoms with Gasteiger partial charge in [0.2, 0.25) is 0 Å². The normalized spacial score (nSPS) is 15.8. The van der Waals surface area contributed by atoms with E-state index in [2.05, 4.69) is 34.2 Å². The van der Waals surface area contributed by atoms with Crippen molar-refractivity contribution >= 4 is 12.0 Å². The number of hydrogen-bond acceptors (Lipinski definition) is 3. The summed E-state index contributed by atoms with van der Waals surface area (Å²) in [5.74, 6) is 0.120. The Balaban J connectivity index is 1.50. The second-order valence-corrected chi connectivity index (χ2v) is 6.10. The zero-order valence-electron chi connectivity index (χ0n) is 14.1. The largest absolute Gasteiger partial charge is 0.336 e. The first-order chi connectivity index (χ1) is 11.7. The Morgan fingerprint density at radius 1 is 1.12 bits per heavy atom. The number of benzene rings is 1. The Morgan fingerprint density at radius 2 is 1.88 bits per heavy atom. The van der Waals surface area contributed by atoms with Gasteiger partial charge in [0.05, 0.1) is 0 Å². The molecule has 2 heterocycles. The number of nitrogens with zero attached hydrogens (tertiary/aromatic N) is 3. The molecule has 1 aromatic heterocycles. The van der Waals surface area contributed by atoms with E-state index in [-0.39, 0.29) is 5.91 Å². The third-order valence-corrected chi connectivity index (χ3v) is 4.38. The van der Waals surface area contributed by atoms with Gasteiger partial charge in [0, 0.05) is 50.7 Å². The average Bonchev–Trinajstić information content (AvgIpc) is 2.63. The van der Waals surface area contributed by atoms with E-state index in [1.807, 2.05) is 36.1 Å². The van der Waals surface area contributed by atoms with E-state index in [9.17, 15) is 4.79 Å². The molecule has 0 N–H and O–H groups in total. The van der Waals surface area contributed by atoms with Crippen molar-refractivity contribution in [2.45, 2.75) is 6.92 Å². The molecule has 1 aliphatic heterocycles. The van der Waals surface area contributed by atoms with E-state index in [4.69, 9.17) is 0 Å². The van der Waals surface area contributed by atoms with Gasteiger partial charge in [0.25, 0.3) is 5.91 Å². The summed E-state index contributed by atoms with van der Waals surface area (Å²) in [4.78, 5) is 21.0. The van der Waals surface area contributed by atoms with E-state index in [0.29, 0.717) is 0 Å². The zero-order valence-corrected chi connectivity index (χ0v) is 14.1. The number of rotatable bonds is 4. The maximum Gasteiger partial charge on any atom is 0.254 e. The fourth-order valence-corrected chi connectivity index (χ4v) is 2.92. The van der Waals surface area contributed by atoms with Crippen LogP contribution in [0.2, 0.25) is 0 Å². The van der Waals surface area contributed by atoms with Gasteiger partial charge in [-0.2, -0.15) is 0 Å². The molecule has 4 nitrogen and oxygen atoms in total. The quantitative estimate of drug-likeness (QED) is 0.869. The lowest BCUT2D eigenvalue weighted by atomic mass is 10.1. The molecule has 1 amide bonds. The molecule has 0 aliphatic carbocycles. The topological polar surface area (TPSA) is 36.4 Å². The summed E-state index contributed by atoms with van der Waals surface area (Å²) in [7, 11) is 0. The van der Waals surface area contributed by atoms with Crippen molar-refractivity contribution < 1.29 is 4.79 Å². The summed E-state index contributed by atoms with van der Waals surface area (Å²) in [6.45, 7) is 6.24. The zero-order chi connectivity index (χ0) is 16.8. The second-order valence-electron chi connectivity index (χ2n) is 6.10. The van der Waals surface area contributed by atoms with Gasteiger partial charge in [-0.1, -0.05) is 42.5 Å². The summed E-state index contributed by atoms with van der Waals surface area (Å²) in [6, 6.07) is 12.1. The van der Waals surface area contributed by atoms with Crippen molar-refractivity contribution in [1.82, 2.24) is 14.8 Å². The van der Waals surface area contributed by atoms with Crippen LogP contribution in [0.5, 0.6) is 0 Å². The lowest BCUT2D eigenvalue weighted by Gasteiger charge is -2.34. The van der Waals surface area contributed by atoms with Gasteiger partial charge < -0.3 is 4.90 Å². The highest BCUT2D eigenvalue weighted by molar-refractivity contribution is 5.95. The molecule has 0 spiro atoms. The SMILES string of the molecule is Cc1cnccc1C(=O)N1CCN(C/C=C/c2ccccc2)CC1. The lowest BCUT2D eigenvalue weighted by Crippen LogP contribution is -2.48. The molecule has 0 bridgehead atoms. The molecular weight excluding hydrogens is 298 g/mol. The first-order valence-electron chi connectivity index (χ1n) is 8.38. The Bertz CT molecular complexity index is 704. The average molecular weight is 321 g/mol. The summed E-state index contributed by atoms with van der Waals surface area (Å²) in [5, 5.41) is 0. The lowest BCUT2D eigenvalue weighted by molar-refractivity contribution is 0.0649. The highest BCUT2D eigenvalue weighted by Crippen LogP contribution is 2.12. The second kappa shape index (κ2) is 7.88. The summed E-state index contributed by atoms with van der Waals surface area (Å²) in [6.07, 6.45) is 7.78. The van der Waals surface area contributed by atoms with Crippen LogP contribution in [0.3, 0.4) is 0 Å². The number of carbonyl (C=O) groups is 1. The summed E-state index contributed by atoms with van der Waals surface area (Å²) >= 11 is 0. The van der Waals surface area contributed by atoms with Crippen molar-refractivity contribution in [3.05, 3.63) is 71.6 Å². The summed E-state index contributed by atoms with van der Waals surface area (Å²) in [5.41, 5.74) is 2.93. The molecule has 1 fully saturated rings. The third kappa shape index (κ3) is 4.09. The van der Waals surface area contributed by atoms with Crippen LogP contribution in [-0.4, -0.2) is 53.4 Å². The van der Waals surface area contributed by atoms with Crippen molar-refractivity contribution in [3.63, 3.8) is 0 Å². The van der Waals surface area contributed by atoms with E-state index in [1.165, 1.54) is 5.56 Å². The summed E-state index contributed by atoms with van der Waals surface area (Å²) < 4.78 is 0. The minimum absolute atomic E-state index is 0.120. The number of pyridine rings is 1. The third-order valence-electron chi connectivity index (χ3n) is 4.38. The predicted octanol–water partition coefficient (Wildman–Crippen LogP) is 2.86. The van der Waals surface area contributed by atoms with Crippen molar-refractivity contribution in [1.29, 1.82) is 0 Å². The Morgan fingerprint density at radius 3 is 2.58 bits per heavy atom. The monoisotopic (exact) mass is 321 g/mol. The van der Waals surface area contributed by atoms with Crippen LogP contribution >= 0.6 is 0 Å². The van der Waals surface area contributed by atoms with Gasteiger partial charge in [0.15, 0.2) is 0 Å². The molecule has 1 aliphatic rings. The molecule has 1 saturated heterocycles. The number of piperazine rings is 1. The van der Waals surface area contributed by atoms with E-state index in [0.717, 1.165) is 43.9 Å². The Labute approximate surface area is 143 Å². The molecule has 0 unspecified atom stereocenters. The Kier molecular flexibility index (Phi) is 5.39. The van der Waals surface area contributed by atoms with E-state index < -0.39 is 0 Å². The van der Waals surface area contributed by atoms with Crippen molar-refractivity contribution in [3.8, 4) is 0 Å². The standard InChI is InChI=1S/C20H23N3O/c1-17-16-21-10-9-19(17)20(24)23-14-12-22(13-15-23)11-5-8-18-6-3-2-4-7-18/h2-10,16H,11-15H2,1H3/b8-5+. The first kappa shape index (κ1) is 16.4. The molecule has 1 aromatic carbocycles. The maximum atomic E-state index is 12.6. The highest BCUT2D eigenvalue weighted by atomic mass is 16.2. The fraction of sp³-hybridized carbons (Fsp3) is 0.300. The Hall–Kier alpha value is -2.46. The maximum absolute atomic E-state index is 12.6. The minimum atomic E-state index is 0.120. The number of aromatic nitrogens is 1. The molecule has 124 valence electrons. The van der Waals surface area contributed by atoms with Crippen LogP contribution in [0, 0.1) is 6.92 Å². The van der Waals surface area contributed by atoms with E-state index >= 15 is 0 Å². The van der Waals surface area contributed by atoms with Crippen LogP contribution in [0.25, 0.3) is 6.08 Å². The molecule has 2 aromatic rings. The van der Waals surface area contributed by atoms with Crippen molar-refractivity contribution in [2.75, 3.05) is 32.7 Å². The molecule has 4 heteroatoms. The van der Waals surface area contributed by atoms with Crippen LogP contribution in [0.1, 0.15) is 21.5 Å². The number of carbonyl (C=O) groups excluding carboxylic acids is 1. The number of amides is 1. The van der Waals surface area contributed by atoms with Gasteiger partial charge >= 0.3 is 0 Å². The highest BCUT2D eigenvalue weighted by Gasteiger charge is 2.22. The van der Waals surface area contributed by atoms with Crippen LogP contribution in [-0.2, 0) is 0 Å². The predicted molar refractivity (Wildman–Crippen MR) is 96.8 cm³/mol. The molecule has 0 atom stereocenters.